The van der Waals surface area contributed by atoms with Gasteiger partial charge in [0.2, 0.25) is 0 Å². The highest BCUT2D eigenvalue weighted by atomic mass is 16.6. The van der Waals surface area contributed by atoms with Gasteiger partial charge in [0.05, 0.1) is 19.6 Å². The van der Waals surface area contributed by atoms with Crippen LogP contribution >= 0.6 is 0 Å². The summed E-state index contributed by atoms with van der Waals surface area (Å²) in [6, 6.07) is 0. The maximum atomic E-state index is 11.1. The Bertz CT molecular complexity index is 229. The lowest BCUT2D eigenvalue weighted by Crippen LogP contribution is -2.27. The molecule has 7 nitrogen and oxygen atoms in total. The third-order valence-electron chi connectivity index (χ3n) is 1.74. The predicted molar refractivity (Wildman–Crippen MR) is 55.9 cm³/mol. The first-order valence-corrected chi connectivity index (χ1v) is 5.33. The number of aliphatic hydroxyl groups is 3. The van der Waals surface area contributed by atoms with E-state index in [2.05, 4.69) is 9.47 Å². The third-order valence-corrected chi connectivity index (χ3v) is 1.74. The molecule has 0 fully saturated rings. The second-order valence-corrected chi connectivity index (χ2v) is 3.26. The van der Waals surface area contributed by atoms with Gasteiger partial charge in [0.15, 0.2) is 6.10 Å². The molecule has 0 aromatic carbocycles. The first-order valence-electron chi connectivity index (χ1n) is 5.33. The Morgan fingerprint density at radius 2 is 1.53 bits per heavy atom. The van der Waals surface area contributed by atoms with E-state index in [0.717, 1.165) is 0 Å². The van der Waals surface area contributed by atoms with Gasteiger partial charge in [-0.05, 0) is 0 Å². The Morgan fingerprint density at radius 3 is 2.06 bits per heavy atom. The van der Waals surface area contributed by atoms with Crippen molar-refractivity contribution in [1.82, 2.24) is 0 Å². The largest absolute Gasteiger partial charge is 0.465 e. The van der Waals surface area contributed by atoms with Crippen LogP contribution in [0.3, 0.4) is 0 Å². The summed E-state index contributed by atoms with van der Waals surface area (Å²) in [6.07, 6.45) is -1.46. The van der Waals surface area contributed by atoms with Crippen molar-refractivity contribution < 1.29 is 34.4 Å². The molecule has 0 amide bonds. The highest BCUT2D eigenvalue weighted by molar-refractivity contribution is 5.81. The van der Waals surface area contributed by atoms with Crippen LogP contribution in [0.25, 0.3) is 0 Å². The van der Waals surface area contributed by atoms with Crippen LogP contribution in [0.5, 0.6) is 0 Å². The summed E-state index contributed by atoms with van der Waals surface area (Å²) in [5.74, 6) is -1.65. The highest BCUT2D eigenvalue weighted by Gasteiger charge is 2.21. The summed E-state index contributed by atoms with van der Waals surface area (Å²) in [4.78, 5) is 22.1. The van der Waals surface area contributed by atoms with Gasteiger partial charge < -0.3 is 24.8 Å². The molecule has 0 aliphatic carbocycles. The molecule has 0 rings (SSSR count). The van der Waals surface area contributed by atoms with Crippen LogP contribution in [0.15, 0.2) is 0 Å². The van der Waals surface area contributed by atoms with Crippen molar-refractivity contribution in [3.05, 3.63) is 0 Å². The fourth-order valence-corrected chi connectivity index (χ4v) is 0.884. The lowest BCUT2D eigenvalue weighted by Gasteiger charge is -2.10. The first-order chi connectivity index (χ1) is 8.11. The zero-order valence-electron chi connectivity index (χ0n) is 9.50. The van der Waals surface area contributed by atoms with E-state index in [0.29, 0.717) is 6.42 Å². The molecule has 0 aromatic heterocycles. The summed E-state index contributed by atoms with van der Waals surface area (Å²) in [5, 5.41) is 26.1. The predicted octanol–water partition coefficient (Wildman–Crippen LogP) is -1.41. The topological polar surface area (TPSA) is 113 Å². The van der Waals surface area contributed by atoms with Gasteiger partial charge in [0, 0.05) is 26.1 Å². The molecule has 100 valence electrons. The molecule has 0 bridgehead atoms. The van der Waals surface area contributed by atoms with E-state index in [4.69, 9.17) is 10.2 Å². The van der Waals surface area contributed by atoms with E-state index in [1.54, 1.807) is 0 Å². The Morgan fingerprint density at radius 1 is 1.00 bits per heavy atom. The lowest BCUT2D eigenvalue weighted by molar-refractivity contribution is -0.160. The second-order valence-electron chi connectivity index (χ2n) is 3.26. The maximum Gasteiger partial charge on any atom is 0.335 e. The molecule has 0 spiro atoms. The number of esters is 2. The summed E-state index contributed by atoms with van der Waals surface area (Å²) in [6.45, 7) is -0.181. The number of hydrogen-bond donors (Lipinski definition) is 3. The van der Waals surface area contributed by atoms with E-state index in [1.165, 1.54) is 0 Å². The minimum Gasteiger partial charge on any atom is -0.465 e. The van der Waals surface area contributed by atoms with E-state index >= 15 is 0 Å². The molecule has 3 N–H and O–H groups in total. The van der Waals surface area contributed by atoms with Crippen LogP contribution in [0, 0.1) is 0 Å². The number of aliphatic hydroxyl groups excluding tert-OH is 3. The standard InChI is InChI=1S/C10H18O7/c11-3-1-5-16-9(14)7-8(13)10(15)17-6-2-4-12/h8,11-13H,1-7H2. The van der Waals surface area contributed by atoms with Crippen molar-refractivity contribution in [3.8, 4) is 0 Å². The van der Waals surface area contributed by atoms with Gasteiger partial charge >= 0.3 is 11.9 Å². The van der Waals surface area contributed by atoms with Crippen molar-refractivity contribution in [1.29, 1.82) is 0 Å². The van der Waals surface area contributed by atoms with Gasteiger partial charge in [-0.2, -0.15) is 0 Å². The number of carbonyl (C=O) groups is 2. The van der Waals surface area contributed by atoms with E-state index in [-0.39, 0.29) is 32.8 Å². The summed E-state index contributed by atoms with van der Waals surface area (Å²) in [7, 11) is 0. The molecular weight excluding hydrogens is 232 g/mol. The van der Waals surface area contributed by atoms with Crippen LogP contribution in [0.1, 0.15) is 19.3 Å². The Labute approximate surface area is 99.0 Å². The van der Waals surface area contributed by atoms with E-state index < -0.39 is 24.5 Å². The molecule has 7 heteroatoms. The Hall–Kier alpha value is -1.18. The average Bonchev–Trinajstić information content (AvgIpc) is 2.29. The van der Waals surface area contributed by atoms with Crippen molar-refractivity contribution in [2.45, 2.75) is 25.4 Å². The Kier molecular flexibility index (Phi) is 9.31. The van der Waals surface area contributed by atoms with E-state index in [1.807, 2.05) is 0 Å². The van der Waals surface area contributed by atoms with Gasteiger partial charge in [-0.15, -0.1) is 0 Å². The van der Waals surface area contributed by atoms with Crippen LogP contribution in [-0.2, 0) is 19.1 Å². The van der Waals surface area contributed by atoms with Gasteiger partial charge in [0.1, 0.15) is 0 Å². The number of ether oxygens (including phenoxy) is 2. The lowest BCUT2D eigenvalue weighted by atomic mass is 10.2. The first kappa shape index (κ1) is 15.8. The molecule has 1 atom stereocenters. The summed E-state index contributed by atoms with van der Waals surface area (Å²) < 4.78 is 9.20. The second kappa shape index (κ2) is 10.0. The molecule has 0 saturated heterocycles. The third kappa shape index (κ3) is 8.61. The van der Waals surface area contributed by atoms with Gasteiger partial charge in [-0.1, -0.05) is 0 Å². The average molecular weight is 250 g/mol. The molecule has 0 aliphatic rings. The number of carbonyl (C=O) groups excluding carboxylic acids is 2. The molecule has 0 aromatic rings. The van der Waals surface area contributed by atoms with E-state index in [9.17, 15) is 14.7 Å². The van der Waals surface area contributed by atoms with Crippen LogP contribution < -0.4 is 0 Å². The number of hydrogen-bond acceptors (Lipinski definition) is 7. The minimum atomic E-state index is -1.56. The molecule has 0 radical (unpaired) electrons. The van der Waals surface area contributed by atoms with Crippen molar-refractivity contribution in [2.24, 2.45) is 0 Å². The smallest absolute Gasteiger partial charge is 0.335 e. The molecule has 17 heavy (non-hydrogen) atoms. The molecule has 0 aliphatic heterocycles. The summed E-state index contributed by atoms with van der Waals surface area (Å²) >= 11 is 0. The SMILES string of the molecule is O=C(CC(O)C(=O)OCCCO)OCCCO. The van der Waals surface area contributed by atoms with Crippen molar-refractivity contribution >= 4 is 11.9 Å². The van der Waals surface area contributed by atoms with Crippen molar-refractivity contribution in [3.63, 3.8) is 0 Å². The quantitative estimate of drug-likeness (QED) is 0.340. The molecule has 1 unspecified atom stereocenters. The molecule has 0 heterocycles. The normalized spacial score (nSPS) is 11.9. The summed E-state index contributed by atoms with van der Waals surface area (Å²) in [5.41, 5.74) is 0. The van der Waals surface area contributed by atoms with Crippen LogP contribution in [0.2, 0.25) is 0 Å². The van der Waals surface area contributed by atoms with Gasteiger partial charge in [-0.25, -0.2) is 4.79 Å². The van der Waals surface area contributed by atoms with Gasteiger partial charge in [-0.3, -0.25) is 4.79 Å². The monoisotopic (exact) mass is 250 g/mol. The zero-order valence-corrected chi connectivity index (χ0v) is 9.50. The van der Waals surface area contributed by atoms with Gasteiger partial charge in [0.25, 0.3) is 0 Å². The minimum absolute atomic E-state index is 0.00798. The zero-order chi connectivity index (χ0) is 13.1. The van der Waals surface area contributed by atoms with Crippen LogP contribution in [-0.4, -0.2) is 59.8 Å². The van der Waals surface area contributed by atoms with Crippen LogP contribution in [0.4, 0.5) is 0 Å². The molecular formula is C10H18O7. The molecule has 0 saturated carbocycles. The highest BCUT2D eigenvalue weighted by Crippen LogP contribution is 1.99. The fourth-order valence-electron chi connectivity index (χ4n) is 0.884. The Balaban J connectivity index is 3.71. The fraction of sp³-hybridized carbons (Fsp3) is 0.800. The maximum absolute atomic E-state index is 11.1. The number of rotatable bonds is 9. The van der Waals surface area contributed by atoms with Crippen molar-refractivity contribution in [2.75, 3.05) is 26.4 Å².